The number of carbonyl (C=O) groups is 1. The predicted octanol–water partition coefficient (Wildman–Crippen LogP) is 2.89. The first-order valence-electron chi connectivity index (χ1n) is 3.99. The summed E-state index contributed by atoms with van der Waals surface area (Å²) < 4.78 is 42.9. The highest BCUT2D eigenvalue weighted by atomic mass is 127. The molecule has 1 aromatic rings. The van der Waals surface area contributed by atoms with Gasteiger partial charge in [-0.1, -0.05) is 0 Å². The monoisotopic (exact) mass is 330 g/mol. The largest absolute Gasteiger partial charge is 0.462 e. The highest BCUT2D eigenvalue weighted by molar-refractivity contribution is 14.1. The lowest BCUT2D eigenvalue weighted by Gasteiger charge is -2.05. The van der Waals surface area contributed by atoms with Crippen molar-refractivity contribution in [3.05, 3.63) is 32.7 Å². The van der Waals surface area contributed by atoms with Crippen LogP contribution in [-0.4, -0.2) is 12.6 Å². The molecule has 0 atom stereocenters. The Balaban J connectivity index is 3.26. The first-order valence-corrected chi connectivity index (χ1v) is 5.07. The van der Waals surface area contributed by atoms with Gasteiger partial charge in [0.15, 0.2) is 17.5 Å². The predicted molar refractivity (Wildman–Crippen MR) is 55.0 cm³/mol. The molecule has 1 aromatic carbocycles. The van der Waals surface area contributed by atoms with Crippen molar-refractivity contribution in [2.75, 3.05) is 6.61 Å². The average Bonchev–Trinajstić information content (AvgIpc) is 2.20. The van der Waals surface area contributed by atoms with Crippen LogP contribution in [0, 0.1) is 21.0 Å². The van der Waals surface area contributed by atoms with Crippen molar-refractivity contribution in [3.8, 4) is 0 Å². The summed E-state index contributed by atoms with van der Waals surface area (Å²) in [6.45, 7) is 1.56. The van der Waals surface area contributed by atoms with Crippen LogP contribution in [-0.2, 0) is 4.74 Å². The summed E-state index contributed by atoms with van der Waals surface area (Å²) in [5, 5.41) is 0. The minimum atomic E-state index is -1.30. The van der Waals surface area contributed by atoms with Gasteiger partial charge in [0.05, 0.1) is 15.7 Å². The molecule has 6 heteroatoms. The van der Waals surface area contributed by atoms with Crippen molar-refractivity contribution in [1.29, 1.82) is 0 Å². The molecule has 0 saturated carbocycles. The maximum Gasteiger partial charge on any atom is 0.341 e. The van der Waals surface area contributed by atoms with Gasteiger partial charge in [-0.3, -0.25) is 0 Å². The van der Waals surface area contributed by atoms with Crippen LogP contribution in [0.3, 0.4) is 0 Å². The molecular formula is C9H6F3IO2. The molecule has 0 heterocycles. The van der Waals surface area contributed by atoms with E-state index in [9.17, 15) is 18.0 Å². The van der Waals surface area contributed by atoms with Gasteiger partial charge in [-0.15, -0.1) is 0 Å². The van der Waals surface area contributed by atoms with Gasteiger partial charge in [-0.25, -0.2) is 18.0 Å². The summed E-state index contributed by atoms with van der Waals surface area (Å²) in [5.41, 5.74) is -0.597. The molecule has 0 aromatic heterocycles. The maximum absolute atomic E-state index is 13.3. The van der Waals surface area contributed by atoms with Gasteiger partial charge in [-0.05, 0) is 35.6 Å². The zero-order valence-corrected chi connectivity index (χ0v) is 9.77. The molecule has 0 saturated heterocycles. The fourth-order valence-electron chi connectivity index (χ4n) is 0.930. The molecule has 82 valence electrons. The van der Waals surface area contributed by atoms with Crippen molar-refractivity contribution in [2.45, 2.75) is 6.92 Å². The Labute approximate surface area is 97.6 Å². The van der Waals surface area contributed by atoms with Gasteiger partial charge in [0.2, 0.25) is 0 Å². The minimum Gasteiger partial charge on any atom is -0.462 e. The Kier molecular flexibility index (Phi) is 3.95. The summed E-state index contributed by atoms with van der Waals surface area (Å²) in [6.07, 6.45) is 0. The molecule has 0 bridgehead atoms. The van der Waals surface area contributed by atoms with E-state index in [1.165, 1.54) is 29.5 Å². The van der Waals surface area contributed by atoms with E-state index in [1.807, 2.05) is 0 Å². The maximum atomic E-state index is 13.3. The van der Waals surface area contributed by atoms with Crippen molar-refractivity contribution >= 4 is 28.6 Å². The zero-order valence-electron chi connectivity index (χ0n) is 7.61. The molecular weight excluding hydrogens is 324 g/mol. The summed E-state index contributed by atoms with van der Waals surface area (Å²) >= 11 is 1.28. The van der Waals surface area contributed by atoms with Crippen LogP contribution in [0.15, 0.2) is 6.07 Å². The third-order valence-corrected chi connectivity index (χ3v) is 2.55. The van der Waals surface area contributed by atoms with E-state index in [-0.39, 0.29) is 6.61 Å². The van der Waals surface area contributed by atoms with E-state index in [0.717, 1.165) is 0 Å². The van der Waals surface area contributed by atoms with Crippen LogP contribution in [0.2, 0.25) is 0 Å². The first kappa shape index (κ1) is 12.3. The number of benzene rings is 1. The summed E-state index contributed by atoms with van der Waals surface area (Å²) in [5.74, 6) is -4.69. The highest BCUT2D eigenvalue weighted by Crippen LogP contribution is 2.22. The number of halogens is 4. The molecule has 2 nitrogen and oxygen atoms in total. The summed E-state index contributed by atoms with van der Waals surface area (Å²) in [4.78, 5) is 11.1. The van der Waals surface area contributed by atoms with Crippen LogP contribution in [0.5, 0.6) is 0 Å². The average molecular weight is 330 g/mol. The Morgan fingerprint density at radius 2 is 2.00 bits per heavy atom. The third kappa shape index (κ3) is 2.42. The van der Waals surface area contributed by atoms with Crippen molar-refractivity contribution in [2.24, 2.45) is 0 Å². The topological polar surface area (TPSA) is 26.3 Å². The Hall–Kier alpha value is -0.790. The van der Waals surface area contributed by atoms with E-state index in [2.05, 4.69) is 4.74 Å². The fraction of sp³-hybridized carbons (Fsp3) is 0.222. The molecule has 15 heavy (non-hydrogen) atoms. The van der Waals surface area contributed by atoms with Crippen LogP contribution < -0.4 is 0 Å². The third-order valence-electron chi connectivity index (χ3n) is 1.60. The lowest BCUT2D eigenvalue weighted by Crippen LogP contribution is -2.10. The van der Waals surface area contributed by atoms with Crippen molar-refractivity contribution in [1.82, 2.24) is 0 Å². The molecule has 0 unspecified atom stereocenters. The molecule has 0 aliphatic heterocycles. The SMILES string of the molecule is CCOC(=O)c1cc(F)c(F)c(I)c1F. The number of ether oxygens (including phenoxy) is 1. The second-order valence-electron chi connectivity index (χ2n) is 2.57. The van der Waals surface area contributed by atoms with Crippen LogP contribution in [0.1, 0.15) is 17.3 Å². The Morgan fingerprint density at radius 3 is 2.53 bits per heavy atom. The van der Waals surface area contributed by atoms with Crippen LogP contribution in [0.4, 0.5) is 13.2 Å². The Morgan fingerprint density at radius 1 is 1.40 bits per heavy atom. The molecule has 0 amide bonds. The van der Waals surface area contributed by atoms with E-state index >= 15 is 0 Å². The lowest BCUT2D eigenvalue weighted by molar-refractivity contribution is 0.0520. The highest BCUT2D eigenvalue weighted by Gasteiger charge is 2.21. The van der Waals surface area contributed by atoms with Crippen molar-refractivity contribution in [3.63, 3.8) is 0 Å². The molecule has 0 N–H and O–H groups in total. The van der Waals surface area contributed by atoms with Gasteiger partial charge in [0.25, 0.3) is 0 Å². The zero-order chi connectivity index (χ0) is 11.6. The Bertz CT molecular complexity index is 407. The number of carbonyl (C=O) groups excluding carboxylic acids is 1. The molecule has 0 radical (unpaired) electrons. The lowest BCUT2D eigenvalue weighted by atomic mass is 10.2. The van der Waals surface area contributed by atoms with Gasteiger partial charge in [0, 0.05) is 0 Å². The van der Waals surface area contributed by atoms with E-state index in [4.69, 9.17) is 0 Å². The molecule has 0 spiro atoms. The molecule has 1 rings (SSSR count). The van der Waals surface area contributed by atoms with E-state index in [0.29, 0.717) is 6.07 Å². The van der Waals surface area contributed by atoms with E-state index < -0.39 is 32.6 Å². The van der Waals surface area contributed by atoms with Crippen LogP contribution >= 0.6 is 22.6 Å². The van der Waals surface area contributed by atoms with Gasteiger partial charge < -0.3 is 4.74 Å². The quantitative estimate of drug-likeness (QED) is 0.361. The fourth-order valence-corrected chi connectivity index (χ4v) is 1.48. The first-order chi connectivity index (χ1) is 6.99. The van der Waals surface area contributed by atoms with Gasteiger partial charge in [0.1, 0.15) is 0 Å². The smallest absolute Gasteiger partial charge is 0.341 e. The second kappa shape index (κ2) is 4.82. The standard InChI is InChI=1S/C9H6F3IO2/c1-2-15-9(14)4-3-5(10)7(12)8(13)6(4)11/h3H,2H2,1H3. The minimum absolute atomic E-state index is 0.0356. The van der Waals surface area contributed by atoms with Crippen molar-refractivity contribution < 1.29 is 22.7 Å². The normalized spacial score (nSPS) is 10.2. The van der Waals surface area contributed by atoms with E-state index in [1.54, 1.807) is 0 Å². The molecule has 0 aliphatic carbocycles. The van der Waals surface area contributed by atoms with Gasteiger partial charge in [-0.2, -0.15) is 0 Å². The number of hydrogen-bond donors (Lipinski definition) is 0. The number of rotatable bonds is 2. The number of esters is 1. The number of hydrogen-bond acceptors (Lipinski definition) is 2. The summed E-state index contributed by atoms with van der Waals surface area (Å²) in [7, 11) is 0. The van der Waals surface area contributed by atoms with Gasteiger partial charge >= 0.3 is 5.97 Å². The van der Waals surface area contributed by atoms with Crippen LogP contribution in [0.25, 0.3) is 0 Å². The second-order valence-corrected chi connectivity index (χ2v) is 3.65. The molecule has 0 fully saturated rings. The molecule has 0 aliphatic rings. The summed E-state index contributed by atoms with van der Waals surface area (Å²) in [6, 6.07) is 0.491.